The molecule has 5 atom stereocenters. The summed E-state index contributed by atoms with van der Waals surface area (Å²) in [5.74, 6) is -1.98. The van der Waals surface area contributed by atoms with Gasteiger partial charge in [-0.25, -0.2) is 4.98 Å². The molecule has 0 unspecified atom stereocenters. The lowest BCUT2D eigenvalue weighted by atomic mass is 9.97. The Morgan fingerprint density at radius 2 is 1.94 bits per heavy atom. The monoisotopic (exact) mass is 527 g/mol. The summed E-state index contributed by atoms with van der Waals surface area (Å²) in [7, 11) is 0. The fourth-order valence-corrected chi connectivity index (χ4v) is 4.49. The lowest BCUT2D eigenvalue weighted by Crippen LogP contribution is -2.59. The Kier molecular flexibility index (Phi) is 9.27. The Labute approximate surface area is 195 Å². The van der Waals surface area contributed by atoms with Gasteiger partial charge < -0.3 is 18.9 Å². The molecule has 32 heavy (non-hydrogen) atoms. The van der Waals surface area contributed by atoms with Crippen molar-refractivity contribution in [2.75, 3.05) is 6.61 Å². The number of pyridine rings is 1. The average Bonchev–Trinajstić information content (AvgIpc) is 2.70. The Morgan fingerprint density at radius 3 is 2.47 bits per heavy atom. The molecule has 0 aromatic carbocycles. The SMILES string of the molecule is CC(=O)OC[C@H]1O[C@H](Sc2cc(Br)c(C#N)cn2)[C@H](OC(C)=O)[C@@H](N=[N+]=[N-])[C@H]1OC(C)=O. The molecule has 1 aliphatic rings. The zero-order valence-electron chi connectivity index (χ0n) is 17.1. The second-order valence-corrected chi connectivity index (χ2v) is 8.39. The van der Waals surface area contributed by atoms with Crippen LogP contribution in [0, 0.1) is 11.3 Å². The van der Waals surface area contributed by atoms with E-state index in [-0.39, 0.29) is 6.61 Å². The highest BCUT2D eigenvalue weighted by atomic mass is 79.9. The van der Waals surface area contributed by atoms with E-state index in [0.717, 1.165) is 25.6 Å². The smallest absolute Gasteiger partial charge is 0.303 e. The predicted octanol–water partition coefficient (Wildman–Crippen LogP) is 2.64. The molecule has 1 aliphatic heterocycles. The molecule has 12 nitrogen and oxygen atoms in total. The lowest BCUT2D eigenvalue weighted by molar-refractivity contribution is -0.201. The Balaban J connectivity index is 2.46. The fraction of sp³-hybridized carbons (Fsp3) is 0.500. The third-order valence-corrected chi connectivity index (χ3v) is 5.77. The first-order valence-electron chi connectivity index (χ1n) is 9.06. The van der Waals surface area contributed by atoms with Crippen molar-refractivity contribution in [3.8, 4) is 6.07 Å². The van der Waals surface area contributed by atoms with E-state index in [1.807, 2.05) is 6.07 Å². The number of thioether (sulfide) groups is 1. The van der Waals surface area contributed by atoms with Crippen LogP contribution in [0.1, 0.15) is 26.3 Å². The van der Waals surface area contributed by atoms with Crippen LogP contribution in [0.4, 0.5) is 0 Å². The molecule has 1 saturated heterocycles. The molecule has 2 heterocycles. The standard InChI is InChI=1S/C18H18BrN5O7S/c1-8(25)28-7-13-16(29-9(2)26)15(23-24-21)17(30-10(3)27)18(31-13)32-14-4-12(19)11(5-20)6-22-14/h4,6,13,15-18H,7H2,1-3H3/t13-,15+,16+,17-,18-/m1/s1. The minimum atomic E-state index is -1.19. The molecular weight excluding hydrogens is 510 g/mol. The molecule has 0 bridgehead atoms. The molecule has 2 rings (SSSR count). The highest BCUT2D eigenvalue weighted by Crippen LogP contribution is 2.37. The zero-order chi connectivity index (χ0) is 23.8. The number of aromatic nitrogens is 1. The van der Waals surface area contributed by atoms with E-state index in [1.165, 1.54) is 13.1 Å². The fourth-order valence-electron chi connectivity index (χ4n) is 2.85. The van der Waals surface area contributed by atoms with Crippen molar-refractivity contribution < 1.29 is 33.3 Å². The molecule has 0 aliphatic carbocycles. The maximum Gasteiger partial charge on any atom is 0.303 e. The molecule has 1 aromatic heterocycles. The van der Waals surface area contributed by atoms with E-state index in [4.69, 9.17) is 29.7 Å². The minimum absolute atomic E-state index is 0.306. The number of azide groups is 1. The first kappa shape index (κ1) is 25.4. The molecule has 0 amide bonds. The molecule has 0 spiro atoms. The van der Waals surface area contributed by atoms with Crippen LogP contribution in [-0.4, -0.2) is 59.3 Å². The van der Waals surface area contributed by atoms with Crippen LogP contribution in [0.2, 0.25) is 0 Å². The molecule has 0 N–H and O–H groups in total. The third-order valence-electron chi connectivity index (χ3n) is 4.04. The van der Waals surface area contributed by atoms with E-state index < -0.39 is 47.7 Å². The van der Waals surface area contributed by atoms with E-state index >= 15 is 0 Å². The van der Waals surface area contributed by atoms with Crippen molar-refractivity contribution in [1.29, 1.82) is 5.26 Å². The molecule has 0 saturated carbocycles. The van der Waals surface area contributed by atoms with E-state index in [2.05, 4.69) is 30.9 Å². The second kappa shape index (κ2) is 11.7. The summed E-state index contributed by atoms with van der Waals surface area (Å²) in [6, 6.07) is 2.36. The van der Waals surface area contributed by atoms with Crippen LogP contribution in [-0.2, 0) is 33.3 Å². The minimum Gasteiger partial charge on any atom is -0.463 e. The van der Waals surface area contributed by atoms with Crippen molar-refractivity contribution in [3.05, 3.63) is 32.7 Å². The molecule has 0 radical (unpaired) electrons. The van der Waals surface area contributed by atoms with Gasteiger partial charge in [-0.3, -0.25) is 14.4 Å². The van der Waals surface area contributed by atoms with Gasteiger partial charge in [-0.05, 0) is 27.5 Å². The first-order chi connectivity index (χ1) is 15.2. The van der Waals surface area contributed by atoms with Crippen molar-refractivity contribution in [3.63, 3.8) is 0 Å². The average molecular weight is 528 g/mol. The number of hydrogen-bond donors (Lipinski definition) is 0. The van der Waals surface area contributed by atoms with Gasteiger partial charge in [-0.15, -0.1) is 0 Å². The highest BCUT2D eigenvalue weighted by molar-refractivity contribution is 9.10. The predicted molar refractivity (Wildman–Crippen MR) is 112 cm³/mol. The van der Waals surface area contributed by atoms with Gasteiger partial charge in [-0.1, -0.05) is 16.9 Å². The number of carbonyl (C=O) groups is 3. The third kappa shape index (κ3) is 6.83. The van der Waals surface area contributed by atoms with Crippen molar-refractivity contribution in [2.45, 2.75) is 55.6 Å². The number of nitriles is 1. The van der Waals surface area contributed by atoms with Gasteiger partial charge in [0.05, 0.1) is 10.6 Å². The van der Waals surface area contributed by atoms with Crippen molar-refractivity contribution in [2.24, 2.45) is 5.11 Å². The normalized spacial score (nSPS) is 24.4. The van der Waals surface area contributed by atoms with Crippen LogP contribution in [0.5, 0.6) is 0 Å². The van der Waals surface area contributed by atoms with Gasteiger partial charge in [-0.2, -0.15) is 5.26 Å². The topological polar surface area (TPSA) is 174 Å². The van der Waals surface area contributed by atoms with E-state index in [9.17, 15) is 14.4 Å². The van der Waals surface area contributed by atoms with Gasteiger partial charge in [0.25, 0.3) is 0 Å². The Bertz CT molecular complexity index is 981. The van der Waals surface area contributed by atoms with Crippen LogP contribution in [0.3, 0.4) is 0 Å². The van der Waals surface area contributed by atoms with E-state index in [1.54, 1.807) is 6.07 Å². The lowest BCUT2D eigenvalue weighted by Gasteiger charge is -2.43. The quantitative estimate of drug-likeness (QED) is 0.168. The second-order valence-electron chi connectivity index (χ2n) is 6.42. The van der Waals surface area contributed by atoms with Crippen LogP contribution >= 0.6 is 27.7 Å². The van der Waals surface area contributed by atoms with Crippen LogP contribution < -0.4 is 0 Å². The number of nitrogens with zero attached hydrogens (tertiary/aromatic N) is 5. The summed E-state index contributed by atoms with van der Waals surface area (Å²) in [6.45, 7) is 3.20. The molecule has 170 valence electrons. The van der Waals surface area contributed by atoms with Gasteiger partial charge >= 0.3 is 17.9 Å². The molecule has 1 fully saturated rings. The summed E-state index contributed by atoms with van der Waals surface area (Å²) in [4.78, 5) is 41.7. The largest absolute Gasteiger partial charge is 0.463 e. The Morgan fingerprint density at radius 1 is 1.28 bits per heavy atom. The van der Waals surface area contributed by atoms with Crippen LogP contribution in [0.25, 0.3) is 10.4 Å². The summed E-state index contributed by atoms with van der Waals surface area (Å²) >= 11 is 4.29. The van der Waals surface area contributed by atoms with Gasteiger partial charge in [0.2, 0.25) is 0 Å². The maximum atomic E-state index is 11.8. The Hall–Kier alpha value is -2.85. The van der Waals surface area contributed by atoms with Gasteiger partial charge in [0.15, 0.2) is 0 Å². The highest BCUT2D eigenvalue weighted by Gasteiger charge is 2.50. The van der Waals surface area contributed by atoms with Gasteiger partial charge in [0.1, 0.15) is 42.5 Å². The number of esters is 3. The van der Waals surface area contributed by atoms with Gasteiger partial charge in [0, 0.05) is 36.4 Å². The van der Waals surface area contributed by atoms with Crippen LogP contribution in [0.15, 0.2) is 26.9 Å². The number of halogens is 1. The summed E-state index contributed by atoms with van der Waals surface area (Å²) in [5.41, 5.74) is 8.42. The molecule has 14 heteroatoms. The van der Waals surface area contributed by atoms with Crippen molar-refractivity contribution >= 4 is 45.6 Å². The first-order valence-corrected chi connectivity index (χ1v) is 10.7. The summed E-state index contributed by atoms with van der Waals surface area (Å²) < 4.78 is 22.1. The van der Waals surface area contributed by atoms with E-state index in [0.29, 0.717) is 15.1 Å². The maximum absolute atomic E-state index is 11.8. The number of carbonyl (C=O) groups excluding carboxylic acids is 3. The zero-order valence-corrected chi connectivity index (χ0v) is 19.5. The number of ether oxygens (including phenoxy) is 4. The number of rotatable bonds is 7. The van der Waals surface area contributed by atoms with Crippen molar-refractivity contribution in [1.82, 2.24) is 4.98 Å². The summed E-state index contributed by atoms with van der Waals surface area (Å²) in [6.07, 6.45) is -2.03. The number of hydrogen-bond acceptors (Lipinski definition) is 11. The summed E-state index contributed by atoms with van der Waals surface area (Å²) in [5, 5.41) is 13.2. The molecular formula is C18H18BrN5O7S. The molecule has 1 aromatic rings.